The van der Waals surface area contributed by atoms with Gasteiger partial charge in [0.2, 0.25) is 0 Å². The number of nitrogens with one attached hydrogen (secondary N) is 1. The first-order valence-corrected chi connectivity index (χ1v) is 7.70. The number of hydrogen-bond acceptors (Lipinski definition) is 4. The van der Waals surface area contributed by atoms with Crippen LogP contribution in [0.25, 0.3) is 11.0 Å². The fraction of sp³-hybridized carbons (Fsp3) is 0.417. The molecule has 18 heavy (non-hydrogen) atoms. The third kappa shape index (κ3) is 2.70. The van der Waals surface area contributed by atoms with Crippen LogP contribution in [0.5, 0.6) is 0 Å². The third-order valence-corrected chi connectivity index (χ3v) is 3.89. The van der Waals surface area contributed by atoms with Crippen molar-refractivity contribution in [2.75, 3.05) is 6.26 Å². The number of fused-ring (bicyclic) bond motifs is 1. The van der Waals surface area contributed by atoms with Crippen LogP contribution in [-0.2, 0) is 16.3 Å². The summed E-state index contributed by atoms with van der Waals surface area (Å²) in [4.78, 5) is 7.76. The van der Waals surface area contributed by atoms with Crippen molar-refractivity contribution < 1.29 is 8.42 Å². The van der Waals surface area contributed by atoms with E-state index in [2.05, 4.69) is 9.97 Å². The largest absolute Gasteiger partial charge is 0.342 e. The number of imidazole rings is 1. The van der Waals surface area contributed by atoms with Crippen molar-refractivity contribution in [3.63, 3.8) is 0 Å². The zero-order chi connectivity index (χ0) is 13.3. The lowest BCUT2D eigenvalue weighted by molar-refractivity contribution is 0.602. The number of rotatable bonds is 4. The Morgan fingerprint density at radius 2 is 2.17 bits per heavy atom. The van der Waals surface area contributed by atoms with Gasteiger partial charge in [-0.15, -0.1) is 0 Å². The molecule has 0 spiro atoms. The Bertz CT molecular complexity index is 659. The number of sulfone groups is 1. The van der Waals surface area contributed by atoms with Crippen LogP contribution >= 0.6 is 0 Å². The van der Waals surface area contributed by atoms with Crippen molar-refractivity contribution in [2.45, 2.75) is 30.7 Å². The minimum absolute atomic E-state index is 0.104. The highest BCUT2D eigenvalue weighted by Gasteiger charge is 2.14. The second-order valence-electron chi connectivity index (χ2n) is 4.62. The van der Waals surface area contributed by atoms with E-state index in [1.165, 1.54) is 6.26 Å². The summed E-state index contributed by atoms with van der Waals surface area (Å²) in [6.45, 7) is 1.94. The summed E-state index contributed by atoms with van der Waals surface area (Å²) in [6, 6.07) is 5.22. The summed E-state index contributed by atoms with van der Waals surface area (Å²) in [5, 5.41) is 0. The fourth-order valence-electron chi connectivity index (χ4n) is 1.84. The lowest BCUT2D eigenvalue weighted by Gasteiger charge is -2.00. The Kier molecular flexibility index (Phi) is 3.41. The van der Waals surface area contributed by atoms with Crippen LogP contribution in [0, 0.1) is 0 Å². The zero-order valence-corrected chi connectivity index (χ0v) is 11.3. The highest BCUT2D eigenvalue weighted by Crippen LogP contribution is 2.21. The highest BCUT2D eigenvalue weighted by molar-refractivity contribution is 7.91. The molecule has 0 amide bonds. The molecule has 0 radical (unpaired) electrons. The molecule has 98 valence electrons. The normalized spacial score (nSPS) is 13.9. The van der Waals surface area contributed by atoms with Gasteiger partial charge < -0.3 is 10.7 Å². The Morgan fingerprint density at radius 1 is 1.44 bits per heavy atom. The zero-order valence-electron chi connectivity index (χ0n) is 10.5. The Balaban J connectivity index is 2.45. The number of nitrogens with zero attached hydrogens (tertiary/aromatic N) is 1. The van der Waals surface area contributed by atoms with Gasteiger partial charge in [-0.3, -0.25) is 0 Å². The second-order valence-corrected chi connectivity index (χ2v) is 6.61. The first-order chi connectivity index (χ1) is 8.38. The van der Waals surface area contributed by atoms with Gasteiger partial charge in [0.05, 0.1) is 10.4 Å². The number of aromatic nitrogens is 2. The van der Waals surface area contributed by atoms with Crippen molar-refractivity contribution in [2.24, 2.45) is 5.73 Å². The number of aromatic amines is 1. The lowest BCUT2D eigenvalue weighted by atomic mass is 10.2. The van der Waals surface area contributed by atoms with E-state index in [1.54, 1.807) is 12.1 Å². The van der Waals surface area contributed by atoms with E-state index in [0.29, 0.717) is 5.52 Å². The third-order valence-electron chi connectivity index (χ3n) is 2.76. The Labute approximate surface area is 106 Å². The van der Waals surface area contributed by atoms with Gasteiger partial charge in [-0.1, -0.05) is 6.07 Å². The predicted molar refractivity (Wildman–Crippen MR) is 71.2 cm³/mol. The molecule has 0 bridgehead atoms. The van der Waals surface area contributed by atoms with Crippen LogP contribution < -0.4 is 5.73 Å². The van der Waals surface area contributed by atoms with Gasteiger partial charge in [-0.25, -0.2) is 13.4 Å². The van der Waals surface area contributed by atoms with Crippen LogP contribution in [0.1, 0.15) is 19.2 Å². The molecule has 0 aliphatic carbocycles. The van der Waals surface area contributed by atoms with Gasteiger partial charge in [0.25, 0.3) is 0 Å². The van der Waals surface area contributed by atoms with E-state index in [9.17, 15) is 8.42 Å². The van der Waals surface area contributed by atoms with Crippen molar-refractivity contribution in [1.82, 2.24) is 9.97 Å². The Hall–Kier alpha value is -1.40. The predicted octanol–water partition coefficient (Wildman–Crippen LogP) is 1.25. The van der Waals surface area contributed by atoms with Gasteiger partial charge in [0.15, 0.2) is 9.84 Å². The van der Waals surface area contributed by atoms with Crippen LogP contribution in [0.3, 0.4) is 0 Å². The molecular formula is C12H17N3O2S. The van der Waals surface area contributed by atoms with E-state index < -0.39 is 9.84 Å². The van der Waals surface area contributed by atoms with E-state index in [4.69, 9.17) is 5.73 Å². The standard InChI is InChI=1S/C12H17N3O2S/c1-8(13)6-7-11-14-9-4-3-5-10(12(9)15-11)18(2,16)17/h3-5,8H,6-7,13H2,1-2H3,(H,14,15). The molecule has 1 aromatic carbocycles. The first kappa shape index (κ1) is 13.0. The highest BCUT2D eigenvalue weighted by atomic mass is 32.2. The molecule has 5 nitrogen and oxygen atoms in total. The van der Waals surface area contributed by atoms with Crippen LogP contribution in [0.4, 0.5) is 0 Å². The molecule has 1 heterocycles. The molecule has 3 N–H and O–H groups in total. The fourth-order valence-corrected chi connectivity index (χ4v) is 2.67. The number of para-hydroxylation sites is 1. The maximum Gasteiger partial charge on any atom is 0.177 e. The number of H-pyrrole nitrogens is 1. The van der Waals surface area contributed by atoms with E-state index in [-0.39, 0.29) is 10.9 Å². The van der Waals surface area contributed by atoms with Crippen LogP contribution in [0.15, 0.2) is 23.1 Å². The minimum atomic E-state index is -3.25. The van der Waals surface area contributed by atoms with Gasteiger partial charge in [0, 0.05) is 18.7 Å². The van der Waals surface area contributed by atoms with Crippen LogP contribution in [-0.4, -0.2) is 30.7 Å². The molecule has 0 aliphatic rings. The van der Waals surface area contributed by atoms with Crippen molar-refractivity contribution >= 4 is 20.9 Å². The molecule has 6 heteroatoms. The summed E-state index contributed by atoms with van der Waals surface area (Å²) in [7, 11) is -3.25. The lowest BCUT2D eigenvalue weighted by Crippen LogP contribution is -2.15. The first-order valence-electron chi connectivity index (χ1n) is 5.81. The number of benzene rings is 1. The topological polar surface area (TPSA) is 88.8 Å². The smallest absolute Gasteiger partial charge is 0.177 e. The number of nitrogens with two attached hydrogens (primary N) is 1. The van der Waals surface area contributed by atoms with Gasteiger partial charge >= 0.3 is 0 Å². The monoisotopic (exact) mass is 267 g/mol. The summed E-state index contributed by atoms with van der Waals surface area (Å²) >= 11 is 0. The van der Waals surface area contributed by atoms with E-state index in [1.807, 2.05) is 13.0 Å². The minimum Gasteiger partial charge on any atom is -0.342 e. The summed E-state index contributed by atoms with van der Waals surface area (Å²) in [6.07, 6.45) is 2.72. The quantitative estimate of drug-likeness (QED) is 0.872. The summed E-state index contributed by atoms with van der Waals surface area (Å²) in [5.74, 6) is 0.776. The molecule has 1 aromatic heterocycles. The van der Waals surface area contributed by atoms with Crippen molar-refractivity contribution in [3.8, 4) is 0 Å². The van der Waals surface area contributed by atoms with Crippen LogP contribution in [0.2, 0.25) is 0 Å². The number of hydrogen-bond donors (Lipinski definition) is 2. The van der Waals surface area contributed by atoms with Gasteiger partial charge in [0.1, 0.15) is 11.3 Å². The second kappa shape index (κ2) is 4.70. The molecule has 0 saturated heterocycles. The maximum atomic E-state index is 11.6. The molecule has 0 aliphatic heterocycles. The summed E-state index contributed by atoms with van der Waals surface area (Å²) < 4.78 is 23.3. The number of aryl methyl sites for hydroxylation is 1. The molecule has 1 atom stereocenters. The van der Waals surface area contributed by atoms with Gasteiger partial charge in [-0.2, -0.15) is 0 Å². The molecular weight excluding hydrogens is 250 g/mol. The maximum absolute atomic E-state index is 11.6. The van der Waals surface area contributed by atoms with Gasteiger partial charge in [-0.05, 0) is 25.5 Å². The SMILES string of the molecule is CC(N)CCc1nc2c(S(C)(=O)=O)cccc2[nH]1. The van der Waals surface area contributed by atoms with Crippen molar-refractivity contribution in [1.29, 1.82) is 0 Å². The summed E-state index contributed by atoms with van der Waals surface area (Å²) in [5.41, 5.74) is 6.96. The van der Waals surface area contributed by atoms with E-state index in [0.717, 1.165) is 24.2 Å². The molecule has 0 saturated carbocycles. The molecule has 2 aromatic rings. The Morgan fingerprint density at radius 3 is 2.78 bits per heavy atom. The van der Waals surface area contributed by atoms with Crippen molar-refractivity contribution in [3.05, 3.63) is 24.0 Å². The molecule has 1 unspecified atom stereocenters. The molecule has 0 fully saturated rings. The average molecular weight is 267 g/mol. The molecule has 2 rings (SSSR count). The average Bonchev–Trinajstić information content (AvgIpc) is 2.66. The van der Waals surface area contributed by atoms with E-state index >= 15 is 0 Å².